The molecule has 1 heterocycles. The van der Waals surface area contributed by atoms with Gasteiger partial charge in [0.05, 0.1) is 11.5 Å². The van der Waals surface area contributed by atoms with Crippen molar-refractivity contribution in [1.29, 1.82) is 0 Å². The second-order valence-electron chi connectivity index (χ2n) is 7.68. The van der Waals surface area contributed by atoms with E-state index in [0.717, 1.165) is 18.4 Å². The molecule has 29 heavy (non-hydrogen) atoms. The standard InChI is InChI=1S/C22H25NO4S2/c1-16-7-10-19(11-8-16)29(25,26)27-14-13-23-21(24)15-17-9-12-20(22(17)23)28-18-5-3-2-4-6-18/h2-8,10-11,17,20,22H,9,12-15H2,1H3/t17?,20-,22?/m0/s1. The lowest BCUT2D eigenvalue weighted by molar-refractivity contribution is -0.129. The molecule has 5 nitrogen and oxygen atoms in total. The van der Waals surface area contributed by atoms with Crippen molar-refractivity contribution in [3.63, 3.8) is 0 Å². The second-order valence-corrected chi connectivity index (χ2v) is 10.6. The lowest BCUT2D eigenvalue weighted by Crippen LogP contribution is -2.41. The molecule has 0 N–H and O–H groups in total. The Bertz CT molecular complexity index is 960. The van der Waals surface area contributed by atoms with Gasteiger partial charge >= 0.3 is 0 Å². The predicted molar refractivity (Wildman–Crippen MR) is 113 cm³/mol. The Morgan fingerprint density at radius 2 is 1.79 bits per heavy atom. The zero-order valence-corrected chi connectivity index (χ0v) is 18.0. The summed E-state index contributed by atoms with van der Waals surface area (Å²) in [7, 11) is -3.81. The van der Waals surface area contributed by atoms with Crippen LogP contribution in [0.2, 0.25) is 0 Å². The van der Waals surface area contributed by atoms with Gasteiger partial charge in [-0.25, -0.2) is 0 Å². The highest BCUT2D eigenvalue weighted by molar-refractivity contribution is 8.00. The maximum Gasteiger partial charge on any atom is 0.297 e. The lowest BCUT2D eigenvalue weighted by Gasteiger charge is -2.29. The minimum Gasteiger partial charge on any atom is -0.336 e. The van der Waals surface area contributed by atoms with Crippen LogP contribution in [0.25, 0.3) is 0 Å². The third-order valence-corrected chi connectivity index (χ3v) is 8.40. The number of carbonyl (C=O) groups is 1. The molecule has 4 rings (SSSR count). The summed E-state index contributed by atoms with van der Waals surface area (Å²) in [6, 6.07) is 17.0. The van der Waals surface area contributed by atoms with Gasteiger partial charge in [-0.05, 0) is 49.9 Å². The Morgan fingerprint density at radius 3 is 2.52 bits per heavy atom. The van der Waals surface area contributed by atoms with Crippen molar-refractivity contribution in [1.82, 2.24) is 4.90 Å². The van der Waals surface area contributed by atoms with E-state index in [-0.39, 0.29) is 23.5 Å². The van der Waals surface area contributed by atoms with Gasteiger partial charge in [0, 0.05) is 29.2 Å². The first-order valence-corrected chi connectivity index (χ1v) is 12.2. The molecule has 2 fully saturated rings. The molecular weight excluding hydrogens is 406 g/mol. The van der Waals surface area contributed by atoms with Crippen LogP contribution < -0.4 is 0 Å². The molecule has 1 saturated carbocycles. The molecule has 0 spiro atoms. The molecule has 1 saturated heterocycles. The quantitative estimate of drug-likeness (QED) is 0.623. The molecule has 2 unspecified atom stereocenters. The van der Waals surface area contributed by atoms with Crippen LogP contribution in [0.3, 0.4) is 0 Å². The van der Waals surface area contributed by atoms with Crippen molar-refractivity contribution >= 4 is 27.8 Å². The highest BCUT2D eigenvalue weighted by Gasteiger charge is 2.48. The summed E-state index contributed by atoms with van der Waals surface area (Å²) < 4.78 is 30.0. The molecule has 0 radical (unpaired) electrons. The smallest absolute Gasteiger partial charge is 0.297 e. The predicted octanol–water partition coefficient (Wildman–Crippen LogP) is 3.87. The molecule has 1 aliphatic heterocycles. The number of hydrogen-bond acceptors (Lipinski definition) is 5. The average Bonchev–Trinajstić information content (AvgIpc) is 3.22. The summed E-state index contributed by atoms with van der Waals surface area (Å²) in [5.74, 6) is 0.465. The number of rotatable bonds is 7. The summed E-state index contributed by atoms with van der Waals surface area (Å²) in [6.07, 6.45) is 2.67. The number of carbonyl (C=O) groups excluding carboxylic acids is 1. The van der Waals surface area contributed by atoms with Gasteiger partial charge in [-0.3, -0.25) is 8.98 Å². The third kappa shape index (κ3) is 4.52. The van der Waals surface area contributed by atoms with Crippen molar-refractivity contribution in [2.24, 2.45) is 5.92 Å². The van der Waals surface area contributed by atoms with Crippen LogP contribution in [0.5, 0.6) is 0 Å². The Kier molecular flexibility index (Phi) is 5.99. The lowest BCUT2D eigenvalue weighted by atomic mass is 10.0. The Morgan fingerprint density at radius 1 is 1.07 bits per heavy atom. The number of likely N-dealkylation sites (tertiary alicyclic amines) is 1. The van der Waals surface area contributed by atoms with Crippen LogP contribution in [-0.2, 0) is 19.1 Å². The largest absolute Gasteiger partial charge is 0.336 e. The van der Waals surface area contributed by atoms with E-state index in [1.807, 2.05) is 41.8 Å². The van der Waals surface area contributed by atoms with E-state index in [4.69, 9.17) is 4.18 Å². The van der Waals surface area contributed by atoms with Gasteiger partial charge < -0.3 is 4.90 Å². The fourth-order valence-electron chi connectivity index (χ4n) is 4.30. The SMILES string of the molecule is Cc1ccc(S(=O)(=O)OCCN2C(=O)CC3CC[C@H](Sc4ccccc4)C32)cc1. The molecule has 7 heteroatoms. The van der Waals surface area contributed by atoms with Crippen molar-refractivity contribution in [2.75, 3.05) is 13.2 Å². The molecule has 2 aromatic rings. The van der Waals surface area contributed by atoms with E-state index >= 15 is 0 Å². The van der Waals surface area contributed by atoms with Gasteiger partial charge in [-0.15, -0.1) is 11.8 Å². The first-order valence-electron chi connectivity index (χ1n) is 9.91. The first kappa shape index (κ1) is 20.4. The maximum absolute atomic E-state index is 12.6. The Hall–Kier alpha value is -1.83. The van der Waals surface area contributed by atoms with Gasteiger partial charge in [0.1, 0.15) is 0 Å². The van der Waals surface area contributed by atoms with Crippen molar-refractivity contribution in [2.45, 2.75) is 47.3 Å². The van der Waals surface area contributed by atoms with Crippen molar-refractivity contribution < 1.29 is 17.4 Å². The minimum absolute atomic E-state index is 0.0199. The number of thioether (sulfide) groups is 1. The van der Waals surface area contributed by atoms with Crippen LogP contribution >= 0.6 is 11.8 Å². The summed E-state index contributed by atoms with van der Waals surface area (Å²) >= 11 is 1.82. The van der Waals surface area contributed by atoms with Crippen molar-refractivity contribution in [3.8, 4) is 0 Å². The molecule has 1 aliphatic carbocycles. The van der Waals surface area contributed by atoms with Crippen LogP contribution in [-0.4, -0.2) is 43.7 Å². The number of benzene rings is 2. The van der Waals surface area contributed by atoms with Gasteiger partial charge in [-0.1, -0.05) is 35.9 Å². The molecule has 0 aromatic heterocycles. The summed E-state index contributed by atoms with van der Waals surface area (Å²) in [4.78, 5) is 15.8. The molecule has 3 atom stereocenters. The van der Waals surface area contributed by atoms with E-state index in [9.17, 15) is 13.2 Å². The highest BCUT2D eigenvalue weighted by Crippen LogP contribution is 2.45. The van der Waals surface area contributed by atoms with Crippen molar-refractivity contribution in [3.05, 3.63) is 60.2 Å². The number of hydrogen-bond donors (Lipinski definition) is 0. The van der Waals surface area contributed by atoms with Crippen LogP contribution in [0.15, 0.2) is 64.4 Å². The molecule has 2 aromatic carbocycles. The zero-order chi connectivity index (χ0) is 20.4. The van der Waals surface area contributed by atoms with E-state index in [0.29, 0.717) is 24.1 Å². The average molecular weight is 432 g/mol. The topological polar surface area (TPSA) is 63.7 Å². The third-order valence-electron chi connectivity index (χ3n) is 5.71. The van der Waals surface area contributed by atoms with Gasteiger partial charge in [0.2, 0.25) is 5.91 Å². The van der Waals surface area contributed by atoms with E-state index in [1.54, 1.807) is 24.3 Å². The zero-order valence-electron chi connectivity index (χ0n) is 16.4. The fourth-order valence-corrected chi connectivity index (χ4v) is 6.63. The Balaban J connectivity index is 1.39. The first-order chi connectivity index (χ1) is 13.9. The van der Waals surface area contributed by atoms with E-state index in [1.165, 1.54) is 4.90 Å². The number of aryl methyl sites for hydroxylation is 1. The monoisotopic (exact) mass is 431 g/mol. The maximum atomic E-state index is 12.6. The van der Waals surface area contributed by atoms with Gasteiger partial charge in [-0.2, -0.15) is 8.42 Å². The molecule has 1 amide bonds. The van der Waals surface area contributed by atoms with Crippen LogP contribution in [0.1, 0.15) is 24.8 Å². The number of amides is 1. The number of nitrogens with zero attached hydrogens (tertiary/aromatic N) is 1. The second kappa shape index (κ2) is 8.50. The highest BCUT2D eigenvalue weighted by atomic mass is 32.2. The van der Waals surface area contributed by atoms with Gasteiger partial charge in [0.25, 0.3) is 10.1 Å². The normalized spacial score (nSPS) is 24.1. The summed E-state index contributed by atoms with van der Waals surface area (Å²) in [5.41, 5.74) is 0.987. The Labute approximate surface area is 176 Å². The minimum atomic E-state index is -3.81. The molecular formula is C22H25NO4S2. The van der Waals surface area contributed by atoms with Crippen LogP contribution in [0, 0.1) is 12.8 Å². The molecule has 154 valence electrons. The molecule has 2 aliphatic rings. The van der Waals surface area contributed by atoms with Gasteiger partial charge in [0.15, 0.2) is 0 Å². The van der Waals surface area contributed by atoms with E-state index in [2.05, 4.69) is 12.1 Å². The van der Waals surface area contributed by atoms with Crippen LogP contribution in [0.4, 0.5) is 0 Å². The molecule has 0 bridgehead atoms. The number of fused-ring (bicyclic) bond motifs is 1. The van der Waals surface area contributed by atoms with E-state index < -0.39 is 10.1 Å². The summed E-state index contributed by atoms with van der Waals surface area (Å²) in [6.45, 7) is 2.18. The summed E-state index contributed by atoms with van der Waals surface area (Å²) in [5, 5.41) is 0.336. The fraction of sp³-hybridized carbons (Fsp3) is 0.409.